The zero-order valence-corrected chi connectivity index (χ0v) is 16.2. The zero-order chi connectivity index (χ0) is 17.2. The van der Waals surface area contributed by atoms with E-state index in [1.54, 1.807) is 0 Å². The number of Topliss-reactive ketones (excluding diaryl/α,β-unsaturated/α-hetero) is 1. The van der Waals surface area contributed by atoms with Crippen LogP contribution in [-0.2, 0) is 0 Å². The van der Waals surface area contributed by atoms with Crippen LogP contribution in [0.25, 0.3) is 0 Å². The number of carbonyl (C=O) groups is 1. The average Bonchev–Trinajstić information content (AvgIpc) is 3.10. The van der Waals surface area contributed by atoms with Crippen molar-refractivity contribution in [1.82, 2.24) is 0 Å². The lowest BCUT2D eigenvalue weighted by atomic mass is 10.3. The van der Waals surface area contributed by atoms with E-state index in [4.69, 9.17) is 23.2 Å². The summed E-state index contributed by atoms with van der Waals surface area (Å²) in [5.74, 6) is 0.643. The van der Waals surface area contributed by atoms with Gasteiger partial charge in [-0.3, -0.25) is 4.79 Å². The van der Waals surface area contributed by atoms with E-state index < -0.39 is 10.0 Å². The smallest absolute Gasteiger partial charge is 0.181 e. The van der Waals surface area contributed by atoms with E-state index in [1.165, 1.54) is 11.3 Å². The van der Waals surface area contributed by atoms with Gasteiger partial charge in [0, 0.05) is 15.8 Å². The highest BCUT2D eigenvalue weighted by atomic mass is 35.5. The third-order valence-electron chi connectivity index (χ3n) is 3.88. The lowest BCUT2D eigenvalue weighted by Crippen LogP contribution is -2.13. The van der Waals surface area contributed by atoms with Gasteiger partial charge in [0.1, 0.15) is 0 Å². The topological polar surface area (TPSA) is 17.1 Å². The molecule has 1 aromatic heterocycles. The normalized spacial score (nSPS) is 12.1. The molecular formula is C19H16Cl2OS2. The minimum atomic E-state index is -1.52. The molecule has 124 valence electrons. The Morgan fingerprint density at radius 1 is 0.917 bits per heavy atom. The Labute approximate surface area is 157 Å². The maximum Gasteiger partial charge on any atom is 0.181 e. The van der Waals surface area contributed by atoms with Crippen molar-refractivity contribution in [2.45, 2.75) is 9.79 Å². The van der Waals surface area contributed by atoms with E-state index in [0.29, 0.717) is 15.8 Å². The maximum absolute atomic E-state index is 12.8. The van der Waals surface area contributed by atoms with Crippen LogP contribution in [0.4, 0.5) is 0 Å². The molecule has 1 heterocycles. The van der Waals surface area contributed by atoms with Crippen molar-refractivity contribution in [3.05, 3.63) is 81.0 Å². The lowest BCUT2D eigenvalue weighted by molar-refractivity contribution is 0.102. The molecule has 0 saturated heterocycles. The molecule has 5 heteroatoms. The van der Waals surface area contributed by atoms with Gasteiger partial charge in [0.25, 0.3) is 0 Å². The number of thiophene rings is 1. The Morgan fingerprint density at radius 2 is 1.42 bits per heavy atom. The molecule has 0 atom stereocenters. The Balaban J connectivity index is 2.04. The number of hydrogen-bond donors (Lipinski definition) is 0. The SMILES string of the molecule is CS(CC(=O)c1cccs1)(c1ccc(Cl)cc1)c1ccc(Cl)cc1. The van der Waals surface area contributed by atoms with E-state index in [1.807, 2.05) is 66.0 Å². The first kappa shape index (κ1) is 17.6. The molecule has 3 rings (SSSR count). The second-order valence-electron chi connectivity index (χ2n) is 5.54. The van der Waals surface area contributed by atoms with E-state index in [9.17, 15) is 4.79 Å². The second-order valence-corrected chi connectivity index (χ2v) is 10.8. The standard InChI is InChI=1S/C19H16Cl2OS2/c1-24(16-8-4-14(20)5-9-16,17-10-6-15(21)7-11-17)13-18(22)19-3-2-12-23-19/h2-12H,13H2,1H3. The van der Waals surface area contributed by atoms with Gasteiger partial charge < -0.3 is 0 Å². The molecule has 0 fully saturated rings. The summed E-state index contributed by atoms with van der Waals surface area (Å²) in [6, 6.07) is 19.4. The minimum absolute atomic E-state index is 0.174. The van der Waals surface area contributed by atoms with E-state index in [0.717, 1.165) is 14.7 Å². The summed E-state index contributed by atoms with van der Waals surface area (Å²) in [7, 11) is -1.52. The lowest BCUT2D eigenvalue weighted by Gasteiger charge is -2.36. The molecule has 3 aromatic rings. The van der Waals surface area contributed by atoms with Gasteiger partial charge in [-0.15, -0.1) is 11.3 Å². The summed E-state index contributed by atoms with van der Waals surface area (Å²) < 4.78 is 0. The predicted molar refractivity (Wildman–Crippen MR) is 106 cm³/mol. The fraction of sp³-hybridized carbons (Fsp3) is 0.105. The molecule has 0 amide bonds. The fourth-order valence-electron chi connectivity index (χ4n) is 2.54. The molecular weight excluding hydrogens is 379 g/mol. The summed E-state index contributed by atoms with van der Waals surface area (Å²) in [6.45, 7) is 0. The number of ketones is 1. The van der Waals surface area contributed by atoms with Crippen LogP contribution in [0.15, 0.2) is 75.8 Å². The molecule has 0 aliphatic heterocycles. The summed E-state index contributed by atoms with van der Waals surface area (Å²) in [4.78, 5) is 15.9. The monoisotopic (exact) mass is 394 g/mol. The Hall–Kier alpha value is -1.26. The van der Waals surface area contributed by atoms with Crippen LogP contribution >= 0.6 is 44.6 Å². The molecule has 0 bridgehead atoms. The Morgan fingerprint density at radius 3 is 1.83 bits per heavy atom. The third kappa shape index (κ3) is 3.70. The molecule has 1 nitrogen and oxygen atoms in total. The van der Waals surface area contributed by atoms with Gasteiger partial charge in [-0.1, -0.05) is 29.3 Å². The summed E-state index contributed by atoms with van der Waals surface area (Å²) >= 11 is 13.6. The van der Waals surface area contributed by atoms with Crippen LogP contribution in [0.1, 0.15) is 9.67 Å². The highest BCUT2D eigenvalue weighted by Gasteiger charge is 2.27. The minimum Gasteiger partial charge on any atom is -0.292 e. The highest BCUT2D eigenvalue weighted by Crippen LogP contribution is 2.60. The van der Waals surface area contributed by atoms with E-state index in [2.05, 4.69) is 6.26 Å². The number of hydrogen-bond acceptors (Lipinski definition) is 2. The first-order valence-electron chi connectivity index (χ1n) is 7.33. The van der Waals surface area contributed by atoms with Gasteiger partial charge >= 0.3 is 0 Å². The van der Waals surface area contributed by atoms with Gasteiger partial charge in [-0.25, -0.2) is 0 Å². The number of rotatable bonds is 5. The maximum atomic E-state index is 12.8. The van der Waals surface area contributed by atoms with Crippen molar-refractivity contribution in [2.75, 3.05) is 12.0 Å². The van der Waals surface area contributed by atoms with E-state index in [-0.39, 0.29) is 5.78 Å². The van der Waals surface area contributed by atoms with Crippen LogP contribution in [-0.4, -0.2) is 17.8 Å². The Kier molecular flexibility index (Phi) is 5.36. The first-order valence-corrected chi connectivity index (χ1v) is 11.2. The average molecular weight is 395 g/mol. The van der Waals surface area contributed by atoms with Gasteiger partial charge in [0.05, 0.1) is 4.88 Å². The molecule has 0 radical (unpaired) electrons. The van der Waals surface area contributed by atoms with Crippen LogP contribution < -0.4 is 0 Å². The molecule has 0 spiro atoms. The van der Waals surface area contributed by atoms with Crippen LogP contribution in [0, 0.1) is 0 Å². The second kappa shape index (κ2) is 7.32. The third-order valence-corrected chi connectivity index (χ3v) is 8.76. The van der Waals surface area contributed by atoms with Gasteiger partial charge in [-0.2, -0.15) is 10.0 Å². The van der Waals surface area contributed by atoms with Crippen molar-refractivity contribution in [1.29, 1.82) is 0 Å². The molecule has 0 N–H and O–H groups in total. The molecule has 0 saturated carbocycles. The first-order chi connectivity index (χ1) is 11.5. The van der Waals surface area contributed by atoms with Crippen molar-refractivity contribution in [3.63, 3.8) is 0 Å². The summed E-state index contributed by atoms with van der Waals surface area (Å²) in [5.41, 5.74) is 0. The van der Waals surface area contributed by atoms with Crippen LogP contribution in [0.5, 0.6) is 0 Å². The van der Waals surface area contributed by atoms with Gasteiger partial charge in [0.2, 0.25) is 0 Å². The van der Waals surface area contributed by atoms with Crippen LogP contribution in [0.3, 0.4) is 0 Å². The zero-order valence-electron chi connectivity index (χ0n) is 13.0. The van der Waals surface area contributed by atoms with Crippen molar-refractivity contribution < 1.29 is 4.79 Å². The molecule has 2 aromatic carbocycles. The molecule has 0 aliphatic carbocycles. The molecule has 24 heavy (non-hydrogen) atoms. The van der Waals surface area contributed by atoms with Crippen LogP contribution in [0.2, 0.25) is 10.0 Å². The largest absolute Gasteiger partial charge is 0.292 e. The highest BCUT2D eigenvalue weighted by molar-refractivity contribution is 8.33. The van der Waals surface area contributed by atoms with Crippen molar-refractivity contribution in [3.8, 4) is 0 Å². The van der Waals surface area contributed by atoms with E-state index >= 15 is 0 Å². The predicted octanol–water partition coefficient (Wildman–Crippen LogP) is 6.79. The molecule has 0 aliphatic rings. The van der Waals surface area contributed by atoms with Gasteiger partial charge in [-0.05, 0) is 76.0 Å². The number of carbonyl (C=O) groups excluding carboxylic acids is 1. The number of halogens is 2. The van der Waals surface area contributed by atoms with Crippen molar-refractivity contribution in [2.24, 2.45) is 0 Å². The van der Waals surface area contributed by atoms with Crippen molar-refractivity contribution >= 4 is 50.3 Å². The number of benzene rings is 2. The molecule has 0 unspecified atom stereocenters. The fourth-order valence-corrected chi connectivity index (χ4v) is 6.31. The van der Waals surface area contributed by atoms with Gasteiger partial charge in [0.15, 0.2) is 5.78 Å². The summed E-state index contributed by atoms with van der Waals surface area (Å²) in [6.07, 6.45) is 2.17. The summed E-state index contributed by atoms with van der Waals surface area (Å²) in [5, 5.41) is 3.33. The quantitative estimate of drug-likeness (QED) is 0.435. The Bertz CT molecular complexity index is 779.